The summed E-state index contributed by atoms with van der Waals surface area (Å²) >= 11 is 1.68. The number of hydrogen-bond donors (Lipinski definition) is 1. The van der Waals surface area contributed by atoms with Gasteiger partial charge in [0.15, 0.2) is 0 Å². The second-order valence-corrected chi connectivity index (χ2v) is 5.38. The fourth-order valence-corrected chi connectivity index (χ4v) is 2.75. The molecule has 1 aromatic heterocycles. The summed E-state index contributed by atoms with van der Waals surface area (Å²) in [5, 5.41) is 5.51. The van der Waals surface area contributed by atoms with E-state index in [4.69, 9.17) is 0 Å². The molecule has 1 atom stereocenters. The highest BCUT2D eigenvalue weighted by Gasteiger charge is 2.09. The molecule has 98 valence electrons. The third-order valence-electron chi connectivity index (χ3n) is 3.25. The third-order valence-corrected chi connectivity index (χ3v) is 3.86. The maximum Gasteiger partial charge on any atom is 0.0795 e. The molecule has 0 radical (unpaired) electrons. The number of unbranched alkanes of at least 4 members (excludes halogenated alkanes) is 6. The number of nitrogens with zero attached hydrogens (tertiary/aromatic N) is 1. The van der Waals surface area contributed by atoms with Gasteiger partial charge >= 0.3 is 0 Å². The summed E-state index contributed by atoms with van der Waals surface area (Å²) in [6.45, 7) is 2.27. The van der Waals surface area contributed by atoms with E-state index in [1.54, 1.807) is 11.3 Å². The molecule has 0 aliphatic rings. The van der Waals surface area contributed by atoms with E-state index in [1.165, 1.54) is 57.1 Å². The summed E-state index contributed by atoms with van der Waals surface area (Å²) < 4.78 is 0. The van der Waals surface area contributed by atoms with E-state index >= 15 is 0 Å². The van der Waals surface area contributed by atoms with Crippen LogP contribution in [0.3, 0.4) is 0 Å². The molecule has 0 fully saturated rings. The second kappa shape index (κ2) is 9.60. The van der Waals surface area contributed by atoms with Gasteiger partial charge in [-0.15, -0.1) is 11.3 Å². The van der Waals surface area contributed by atoms with Gasteiger partial charge in [-0.3, -0.25) is 0 Å². The zero-order valence-electron chi connectivity index (χ0n) is 11.2. The van der Waals surface area contributed by atoms with Gasteiger partial charge in [-0.1, -0.05) is 51.9 Å². The highest BCUT2D eigenvalue weighted by atomic mass is 32.1. The van der Waals surface area contributed by atoms with Crippen LogP contribution in [0.15, 0.2) is 10.9 Å². The van der Waals surface area contributed by atoms with Gasteiger partial charge < -0.3 is 5.32 Å². The van der Waals surface area contributed by atoms with Crippen molar-refractivity contribution in [1.29, 1.82) is 0 Å². The molecule has 1 aromatic rings. The number of aromatic nitrogens is 1. The maximum atomic E-state index is 4.38. The lowest BCUT2D eigenvalue weighted by Crippen LogP contribution is -2.16. The van der Waals surface area contributed by atoms with Crippen LogP contribution in [0.2, 0.25) is 0 Å². The Balaban J connectivity index is 2.04. The van der Waals surface area contributed by atoms with Crippen LogP contribution in [0.1, 0.15) is 70.0 Å². The minimum atomic E-state index is 0.455. The summed E-state index contributed by atoms with van der Waals surface area (Å²) in [6.07, 6.45) is 10.9. The van der Waals surface area contributed by atoms with Crippen molar-refractivity contribution in [3.63, 3.8) is 0 Å². The maximum absolute atomic E-state index is 4.38. The standard InChI is InChI=1S/C14H26N2S/c1-3-4-5-6-7-8-9-10-13(15-2)14-11-17-12-16-14/h11-13,15H,3-10H2,1-2H3. The van der Waals surface area contributed by atoms with E-state index in [1.807, 2.05) is 12.6 Å². The quantitative estimate of drug-likeness (QED) is 0.620. The lowest BCUT2D eigenvalue weighted by molar-refractivity contribution is 0.489. The molecule has 3 heteroatoms. The molecule has 0 aliphatic heterocycles. The molecule has 0 aliphatic carbocycles. The molecular weight excluding hydrogens is 228 g/mol. The molecule has 0 amide bonds. The first-order chi connectivity index (χ1) is 8.38. The zero-order chi connectivity index (χ0) is 12.3. The van der Waals surface area contributed by atoms with Crippen LogP contribution in [0, 0.1) is 0 Å². The molecule has 0 spiro atoms. The largest absolute Gasteiger partial charge is 0.312 e. The predicted octanol–water partition coefficient (Wildman–Crippen LogP) is 4.54. The lowest BCUT2D eigenvalue weighted by atomic mass is 10.0. The summed E-state index contributed by atoms with van der Waals surface area (Å²) in [7, 11) is 2.03. The van der Waals surface area contributed by atoms with Gasteiger partial charge in [0.1, 0.15) is 0 Å². The molecular formula is C14H26N2S. The average molecular weight is 254 g/mol. The Morgan fingerprint density at radius 1 is 1.18 bits per heavy atom. The normalized spacial score (nSPS) is 12.8. The van der Waals surface area contributed by atoms with E-state index < -0.39 is 0 Å². The van der Waals surface area contributed by atoms with Crippen LogP contribution in [-0.4, -0.2) is 12.0 Å². The Hall–Kier alpha value is -0.410. The fraction of sp³-hybridized carbons (Fsp3) is 0.786. The Labute approximate surface area is 110 Å². The molecule has 1 N–H and O–H groups in total. The van der Waals surface area contributed by atoms with E-state index in [-0.39, 0.29) is 0 Å². The summed E-state index contributed by atoms with van der Waals surface area (Å²) in [5.74, 6) is 0. The molecule has 0 saturated carbocycles. The minimum Gasteiger partial charge on any atom is -0.312 e. The molecule has 2 nitrogen and oxygen atoms in total. The highest BCUT2D eigenvalue weighted by Crippen LogP contribution is 2.19. The first kappa shape index (κ1) is 14.7. The molecule has 17 heavy (non-hydrogen) atoms. The highest BCUT2D eigenvalue weighted by molar-refractivity contribution is 7.07. The predicted molar refractivity (Wildman–Crippen MR) is 76.5 cm³/mol. The van der Waals surface area contributed by atoms with Crippen LogP contribution in [0.4, 0.5) is 0 Å². The zero-order valence-corrected chi connectivity index (χ0v) is 12.1. The number of rotatable bonds is 10. The SMILES string of the molecule is CCCCCCCCCC(NC)c1cscn1. The van der Waals surface area contributed by atoms with E-state index in [2.05, 4.69) is 22.6 Å². The van der Waals surface area contributed by atoms with Crippen molar-refractivity contribution < 1.29 is 0 Å². The molecule has 0 aromatic carbocycles. The Morgan fingerprint density at radius 2 is 1.88 bits per heavy atom. The summed E-state index contributed by atoms with van der Waals surface area (Å²) in [4.78, 5) is 4.38. The monoisotopic (exact) mass is 254 g/mol. The van der Waals surface area contributed by atoms with Crippen molar-refractivity contribution in [2.75, 3.05) is 7.05 Å². The average Bonchev–Trinajstić information content (AvgIpc) is 2.86. The smallest absolute Gasteiger partial charge is 0.0795 e. The topological polar surface area (TPSA) is 24.9 Å². The Bertz CT molecular complexity index is 259. The Kier molecular flexibility index (Phi) is 8.28. The van der Waals surface area contributed by atoms with Crippen molar-refractivity contribution in [2.24, 2.45) is 0 Å². The van der Waals surface area contributed by atoms with Crippen molar-refractivity contribution in [1.82, 2.24) is 10.3 Å². The summed E-state index contributed by atoms with van der Waals surface area (Å²) in [5.41, 5.74) is 3.13. The Morgan fingerprint density at radius 3 is 2.47 bits per heavy atom. The van der Waals surface area contributed by atoms with Gasteiger partial charge in [0.2, 0.25) is 0 Å². The molecule has 1 heterocycles. The van der Waals surface area contributed by atoms with Gasteiger partial charge in [-0.25, -0.2) is 4.98 Å². The number of hydrogen-bond acceptors (Lipinski definition) is 3. The van der Waals surface area contributed by atoms with Gasteiger partial charge in [0, 0.05) is 5.38 Å². The molecule has 0 saturated heterocycles. The second-order valence-electron chi connectivity index (χ2n) is 4.66. The van der Waals surface area contributed by atoms with Crippen LogP contribution < -0.4 is 5.32 Å². The third kappa shape index (κ3) is 6.18. The summed E-state index contributed by atoms with van der Waals surface area (Å²) in [6, 6.07) is 0.455. The van der Waals surface area contributed by atoms with Crippen LogP contribution in [0.5, 0.6) is 0 Å². The van der Waals surface area contributed by atoms with Gasteiger partial charge in [0.25, 0.3) is 0 Å². The first-order valence-corrected chi connectivity index (χ1v) is 7.88. The van der Waals surface area contributed by atoms with Crippen LogP contribution in [0.25, 0.3) is 0 Å². The molecule has 1 rings (SSSR count). The minimum absolute atomic E-state index is 0.455. The van der Waals surface area contributed by atoms with E-state index in [0.29, 0.717) is 6.04 Å². The fourth-order valence-electron chi connectivity index (χ4n) is 2.14. The van der Waals surface area contributed by atoms with Crippen molar-refractivity contribution in [2.45, 2.75) is 64.3 Å². The van der Waals surface area contributed by atoms with Gasteiger partial charge in [-0.05, 0) is 13.5 Å². The molecule has 0 bridgehead atoms. The first-order valence-electron chi connectivity index (χ1n) is 6.93. The lowest BCUT2D eigenvalue weighted by Gasteiger charge is -2.13. The molecule has 1 unspecified atom stereocenters. The van der Waals surface area contributed by atoms with Crippen molar-refractivity contribution in [3.05, 3.63) is 16.6 Å². The van der Waals surface area contributed by atoms with Crippen molar-refractivity contribution in [3.8, 4) is 0 Å². The van der Waals surface area contributed by atoms with Crippen molar-refractivity contribution >= 4 is 11.3 Å². The van der Waals surface area contributed by atoms with Crippen LogP contribution >= 0.6 is 11.3 Å². The number of nitrogens with one attached hydrogen (secondary N) is 1. The van der Waals surface area contributed by atoms with Gasteiger partial charge in [-0.2, -0.15) is 0 Å². The van der Waals surface area contributed by atoms with Crippen LogP contribution in [-0.2, 0) is 0 Å². The van der Waals surface area contributed by atoms with E-state index in [0.717, 1.165) is 0 Å². The van der Waals surface area contributed by atoms with E-state index in [9.17, 15) is 0 Å². The van der Waals surface area contributed by atoms with Gasteiger partial charge in [0.05, 0.1) is 17.2 Å². The number of thiazole rings is 1.